The van der Waals surface area contributed by atoms with E-state index in [4.69, 9.17) is 5.11 Å². The first-order valence-corrected chi connectivity index (χ1v) is 11.3. The molecule has 7 nitrogen and oxygen atoms in total. The maximum atomic E-state index is 9.14. The second kappa shape index (κ2) is 9.24. The van der Waals surface area contributed by atoms with E-state index in [-0.39, 0.29) is 12.1 Å². The molecule has 3 heterocycles. The monoisotopic (exact) mass is 426 g/mol. The molecule has 0 spiro atoms. The highest BCUT2D eigenvalue weighted by Crippen LogP contribution is 2.40. The molecule has 30 heavy (non-hydrogen) atoms. The number of rotatable bonds is 6. The SMILES string of the molecule is Cc1nc(NC2SC(c3ccccc3C)=CN2C)cc(N2CCN(CCO)CC2)n1. The van der Waals surface area contributed by atoms with Gasteiger partial charge in [0.2, 0.25) is 0 Å². The number of thioether (sulfide) groups is 1. The number of aromatic nitrogens is 2. The second-order valence-corrected chi connectivity index (χ2v) is 8.92. The van der Waals surface area contributed by atoms with Crippen molar-refractivity contribution in [1.82, 2.24) is 19.8 Å². The number of nitrogens with one attached hydrogen (secondary N) is 1. The maximum absolute atomic E-state index is 9.14. The molecular weight excluding hydrogens is 396 g/mol. The van der Waals surface area contributed by atoms with Crippen molar-refractivity contribution in [3.8, 4) is 0 Å². The lowest BCUT2D eigenvalue weighted by Crippen LogP contribution is -2.47. The Labute approximate surface area is 182 Å². The molecule has 1 saturated heterocycles. The van der Waals surface area contributed by atoms with Gasteiger partial charge in [-0.3, -0.25) is 4.90 Å². The van der Waals surface area contributed by atoms with E-state index in [0.717, 1.165) is 50.2 Å². The van der Waals surface area contributed by atoms with Gasteiger partial charge in [-0.15, -0.1) is 0 Å². The molecule has 160 valence electrons. The average Bonchev–Trinajstić information content (AvgIpc) is 3.08. The maximum Gasteiger partial charge on any atom is 0.153 e. The number of benzene rings is 1. The Bertz CT molecular complexity index is 912. The van der Waals surface area contributed by atoms with Crippen LogP contribution >= 0.6 is 11.8 Å². The normalized spacial score (nSPS) is 19.9. The Morgan fingerprint density at radius 3 is 2.63 bits per heavy atom. The molecule has 0 aliphatic carbocycles. The molecule has 1 atom stereocenters. The fraction of sp³-hybridized carbons (Fsp3) is 0.455. The molecule has 1 aromatic heterocycles. The summed E-state index contributed by atoms with van der Waals surface area (Å²) >= 11 is 1.81. The molecular formula is C22H30N6OS. The molecule has 2 aromatic rings. The van der Waals surface area contributed by atoms with Gasteiger partial charge >= 0.3 is 0 Å². The van der Waals surface area contributed by atoms with Crippen LogP contribution in [0.25, 0.3) is 4.91 Å². The molecule has 1 aromatic carbocycles. The van der Waals surface area contributed by atoms with Crippen LogP contribution in [-0.2, 0) is 0 Å². The largest absolute Gasteiger partial charge is 0.395 e. The Morgan fingerprint density at radius 1 is 1.13 bits per heavy atom. The van der Waals surface area contributed by atoms with E-state index < -0.39 is 0 Å². The first-order chi connectivity index (χ1) is 14.5. The van der Waals surface area contributed by atoms with Gasteiger partial charge in [-0.1, -0.05) is 36.0 Å². The van der Waals surface area contributed by atoms with Crippen LogP contribution < -0.4 is 10.2 Å². The Kier molecular flexibility index (Phi) is 6.46. The molecule has 1 fully saturated rings. The summed E-state index contributed by atoms with van der Waals surface area (Å²) < 4.78 is 0. The lowest BCUT2D eigenvalue weighted by atomic mass is 10.1. The molecule has 0 amide bonds. The van der Waals surface area contributed by atoms with Gasteiger partial charge in [-0.2, -0.15) is 0 Å². The molecule has 2 aliphatic heterocycles. The van der Waals surface area contributed by atoms with Gasteiger partial charge in [-0.05, 0) is 25.0 Å². The number of β-amino-alcohol motifs (C(OH)–C–C–N with tert-alkyl or cyclic N) is 1. The van der Waals surface area contributed by atoms with Crippen molar-refractivity contribution >= 4 is 28.3 Å². The van der Waals surface area contributed by atoms with E-state index in [1.165, 1.54) is 16.0 Å². The van der Waals surface area contributed by atoms with Gasteiger partial charge in [0.15, 0.2) is 5.50 Å². The van der Waals surface area contributed by atoms with Crippen LogP contribution in [0.1, 0.15) is 17.0 Å². The van der Waals surface area contributed by atoms with Crippen LogP contribution in [0.4, 0.5) is 11.6 Å². The van der Waals surface area contributed by atoms with Crippen molar-refractivity contribution in [2.24, 2.45) is 0 Å². The third-order valence-corrected chi connectivity index (χ3v) is 6.80. The van der Waals surface area contributed by atoms with Crippen molar-refractivity contribution in [2.45, 2.75) is 19.3 Å². The minimum Gasteiger partial charge on any atom is -0.395 e. The fourth-order valence-electron chi connectivity index (χ4n) is 3.86. The Morgan fingerprint density at radius 2 is 1.90 bits per heavy atom. The first kappa shape index (κ1) is 21.0. The summed E-state index contributed by atoms with van der Waals surface area (Å²) in [6.07, 6.45) is 2.19. The van der Waals surface area contributed by atoms with Gasteiger partial charge in [0.05, 0.1) is 6.61 Å². The summed E-state index contributed by atoms with van der Waals surface area (Å²) in [6.45, 7) is 8.75. The highest BCUT2D eigenvalue weighted by Gasteiger charge is 2.25. The number of nitrogens with zero attached hydrogens (tertiary/aromatic N) is 5. The topological polar surface area (TPSA) is 67.8 Å². The van der Waals surface area contributed by atoms with Crippen LogP contribution in [0.3, 0.4) is 0 Å². The van der Waals surface area contributed by atoms with Crippen LogP contribution in [-0.4, -0.2) is 76.8 Å². The summed E-state index contributed by atoms with van der Waals surface area (Å²) in [5.41, 5.74) is 2.65. The summed E-state index contributed by atoms with van der Waals surface area (Å²) in [6, 6.07) is 10.5. The van der Waals surface area contributed by atoms with Crippen molar-refractivity contribution < 1.29 is 5.11 Å². The van der Waals surface area contributed by atoms with E-state index in [2.05, 4.69) is 80.5 Å². The number of hydrogen-bond acceptors (Lipinski definition) is 8. The van der Waals surface area contributed by atoms with Crippen molar-refractivity contribution in [2.75, 3.05) is 56.6 Å². The van der Waals surface area contributed by atoms with Crippen LogP contribution in [0.5, 0.6) is 0 Å². The summed E-state index contributed by atoms with van der Waals surface area (Å²) in [7, 11) is 2.09. The summed E-state index contributed by atoms with van der Waals surface area (Å²) in [5, 5.41) is 12.7. The number of aliphatic hydroxyl groups is 1. The average molecular weight is 427 g/mol. The number of aryl methyl sites for hydroxylation is 2. The van der Waals surface area contributed by atoms with Crippen molar-refractivity contribution in [3.63, 3.8) is 0 Å². The van der Waals surface area contributed by atoms with Crippen LogP contribution in [0, 0.1) is 13.8 Å². The smallest absolute Gasteiger partial charge is 0.153 e. The van der Waals surface area contributed by atoms with E-state index in [0.29, 0.717) is 0 Å². The molecule has 0 radical (unpaired) electrons. The van der Waals surface area contributed by atoms with Crippen molar-refractivity contribution in [3.05, 3.63) is 53.5 Å². The first-order valence-electron chi connectivity index (χ1n) is 10.4. The molecule has 0 bridgehead atoms. The summed E-state index contributed by atoms with van der Waals surface area (Å²) in [5.74, 6) is 2.58. The zero-order valence-electron chi connectivity index (χ0n) is 17.9. The van der Waals surface area contributed by atoms with E-state index in [1.54, 1.807) is 11.8 Å². The molecule has 2 N–H and O–H groups in total. The minimum atomic E-state index is 0.0863. The zero-order valence-corrected chi connectivity index (χ0v) is 18.7. The highest BCUT2D eigenvalue weighted by molar-refractivity contribution is 8.09. The van der Waals surface area contributed by atoms with Crippen molar-refractivity contribution in [1.29, 1.82) is 0 Å². The van der Waals surface area contributed by atoms with Gasteiger partial charge in [-0.25, -0.2) is 9.97 Å². The second-order valence-electron chi connectivity index (χ2n) is 7.80. The standard InChI is InChI=1S/C22H30N6OS/c1-16-6-4-5-7-18(16)19-15-26(3)22(30-19)25-20-14-21(24-17(2)23-20)28-10-8-27(9-11-28)12-13-29/h4-7,14-15,22,29H,8-13H2,1-3H3,(H,23,24,25). The quantitative estimate of drug-likeness (QED) is 0.731. The Balaban J connectivity index is 1.44. The summed E-state index contributed by atoms with van der Waals surface area (Å²) in [4.78, 5) is 17.3. The molecule has 1 unspecified atom stereocenters. The fourth-order valence-corrected chi connectivity index (χ4v) is 5.09. The zero-order chi connectivity index (χ0) is 21.1. The molecule has 0 saturated carbocycles. The van der Waals surface area contributed by atoms with Crippen LogP contribution in [0.2, 0.25) is 0 Å². The molecule has 2 aliphatic rings. The van der Waals surface area contributed by atoms with Gasteiger partial charge < -0.3 is 20.2 Å². The van der Waals surface area contributed by atoms with E-state index in [9.17, 15) is 0 Å². The number of hydrogen-bond donors (Lipinski definition) is 2. The minimum absolute atomic E-state index is 0.0863. The van der Waals surface area contributed by atoms with Gasteiger partial charge in [0, 0.05) is 56.9 Å². The highest BCUT2D eigenvalue weighted by atomic mass is 32.2. The Hall–Kier alpha value is -2.29. The van der Waals surface area contributed by atoms with Gasteiger partial charge in [0.25, 0.3) is 0 Å². The number of piperazine rings is 1. The van der Waals surface area contributed by atoms with Crippen LogP contribution in [0.15, 0.2) is 36.5 Å². The third kappa shape index (κ3) is 4.71. The lowest BCUT2D eigenvalue weighted by molar-refractivity contribution is 0.188. The molecule has 4 rings (SSSR count). The third-order valence-electron chi connectivity index (χ3n) is 5.55. The van der Waals surface area contributed by atoms with Gasteiger partial charge in [0.1, 0.15) is 17.5 Å². The number of anilines is 2. The number of aliphatic hydroxyl groups excluding tert-OH is 1. The predicted octanol–water partition coefficient (Wildman–Crippen LogP) is 2.58. The van der Waals surface area contributed by atoms with E-state index in [1.807, 2.05) is 6.92 Å². The lowest BCUT2D eigenvalue weighted by Gasteiger charge is -2.35. The van der Waals surface area contributed by atoms with E-state index >= 15 is 0 Å². The predicted molar refractivity (Wildman–Crippen MR) is 124 cm³/mol. The molecule has 8 heteroatoms.